The van der Waals surface area contributed by atoms with Crippen LogP contribution < -0.4 is 0 Å². The minimum Gasteiger partial charge on any atom is -0.356 e. The molecule has 1 N–H and O–H groups in total. The molecule has 0 saturated carbocycles. The van der Waals surface area contributed by atoms with Crippen LogP contribution in [0.1, 0.15) is 37.1 Å². The van der Waals surface area contributed by atoms with E-state index in [9.17, 15) is 4.79 Å². The molecule has 19 heavy (non-hydrogen) atoms. The summed E-state index contributed by atoms with van der Waals surface area (Å²) in [5.41, 5.74) is 3.92. The number of carbonyl (C=O) groups is 1. The number of benzene rings is 1. The average Bonchev–Trinajstić information content (AvgIpc) is 2.81. The number of aromatic amines is 1. The Labute approximate surface area is 112 Å². The standard InChI is InChI=1S/C16H18N2O/c1-10-6-7-14-15-12(8-9-18(14)16(10)19)11-4-2-3-5-13(11)17-15/h2-5,10,14,17H,6-9H2,1H3/t10-,14-/m0/s1. The van der Waals surface area contributed by atoms with Crippen molar-refractivity contribution in [3.63, 3.8) is 0 Å². The largest absolute Gasteiger partial charge is 0.356 e. The van der Waals surface area contributed by atoms with Crippen LogP contribution in [0.4, 0.5) is 0 Å². The first-order valence-electron chi connectivity index (χ1n) is 7.15. The Kier molecular flexibility index (Phi) is 2.25. The monoisotopic (exact) mass is 254 g/mol. The van der Waals surface area contributed by atoms with Gasteiger partial charge in [-0.3, -0.25) is 4.79 Å². The molecule has 98 valence electrons. The van der Waals surface area contributed by atoms with Crippen molar-refractivity contribution in [1.82, 2.24) is 9.88 Å². The summed E-state index contributed by atoms with van der Waals surface area (Å²) in [6, 6.07) is 8.76. The van der Waals surface area contributed by atoms with E-state index in [1.54, 1.807) is 0 Å². The Morgan fingerprint density at radius 3 is 3.00 bits per heavy atom. The van der Waals surface area contributed by atoms with Crippen molar-refractivity contribution in [2.45, 2.75) is 32.2 Å². The van der Waals surface area contributed by atoms with Gasteiger partial charge in [-0.2, -0.15) is 0 Å². The van der Waals surface area contributed by atoms with Gasteiger partial charge < -0.3 is 9.88 Å². The third kappa shape index (κ3) is 1.47. The molecular weight excluding hydrogens is 236 g/mol. The number of nitrogens with one attached hydrogen (secondary N) is 1. The van der Waals surface area contributed by atoms with E-state index in [2.05, 4.69) is 41.1 Å². The molecule has 1 aromatic carbocycles. The van der Waals surface area contributed by atoms with E-state index in [1.165, 1.54) is 22.2 Å². The molecule has 2 aromatic rings. The zero-order valence-electron chi connectivity index (χ0n) is 11.1. The maximum Gasteiger partial charge on any atom is 0.225 e. The molecule has 2 aliphatic rings. The lowest BCUT2D eigenvalue weighted by Crippen LogP contribution is -2.46. The van der Waals surface area contributed by atoms with Crippen molar-refractivity contribution < 1.29 is 4.79 Å². The Morgan fingerprint density at radius 1 is 1.26 bits per heavy atom. The molecule has 0 spiro atoms. The van der Waals surface area contributed by atoms with Crippen LogP contribution in [-0.4, -0.2) is 22.3 Å². The highest BCUT2D eigenvalue weighted by Gasteiger charge is 2.38. The van der Waals surface area contributed by atoms with Gasteiger partial charge in [-0.25, -0.2) is 0 Å². The number of carbonyl (C=O) groups excluding carboxylic acids is 1. The van der Waals surface area contributed by atoms with Crippen LogP contribution in [0.2, 0.25) is 0 Å². The molecule has 4 rings (SSSR count). The number of aromatic nitrogens is 1. The van der Waals surface area contributed by atoms with Crippen molar-refractivity contribution in [1.29, 1.82) is 0 Å². The van der Waals surface area contributed by atoms with Crippen LogP contribution in [0.25, 0.3) is 10.9 Å². The second-order valence-electron chi connectivity index (χ2n) is 5.84. The van der Waals surface area contributed by atoms with Gasteiger partial charge in [0, 0.05) is 29.1 Å². The first kappa shape index (κ1) is 11.1. The zero-order chi connectivity index (χ0) is 13.0. The number of piperidine rings is 1. The van der Waals surface area contributed by atoms with Crippen molar-refractivity contribution in [2.24, 2.45) is 5.92 Å². The number of para-hydroxylation sites is 1. The van der Waals surface area contributed by atoms with Crippen molar-refractivity contribution >= 4 is 16.8 Å². The molecule has 1 fully saturated rings. The normalized spacial score (nSPS) is 26.4. The molecule has 1 aromatic heterocycles. The molecule has 0 bridgehead atoms. The van der Waals surface area contributed by atoms with Crippen LogP contribution in [0.5, 0.6) is 0 Å². The Bertz CT molecular complexity index is 658. The van der Waals surface area contributed by atoms with Gasteiger partial charge in [-0.15, -0.1) is 0 Å². The van der Waals surface area contributed by atoms with Gasteiger partial charge in [0.15, 0.2) is 0 Å². The number of rotatable bonds is 0. The van der Waals surface area contributed by atoms with Crippen LogP contribution in [-0.2, 0) is 11.2 Å². The number of hydrogen-bond acceptors (Lipinski definition) is 1. The van der Waals surface area contributed by atoms with E-state index in [-0.39, 0.29) is 12.0 Å². The van der Waals surface area contributed by atoms with Crippen LogP contribution in [0.15, 0.2) is 24.3 Å². The Morgan fingerprint density at radius 2 is 2.11 bits per heavy atom. The van der Waals surface area contributed by atoms with Gasteiger partial charge in [0.1, 0.15) is 0 Å². The summed E-state index contributed by atoms with van der Waals surface area (Å²) in [4.78, 5) is 17.9. The van der Waals surface area contributed by atoms with E-state index in [0.29, 0.717) is 5.91 Å². The molecular formula is C16H18N2O. The minimum absolute atomic E-state index is 0.196. The van der Waals surface area contributed by atoms with E-state index in [4.69, 9.17) is 0 Å². The molecule has 2 atom stereocenters. The van der Waals surface area contributed by atoms with Gasteiger partial charge in [0.25, 0.3) is 0 Å². The highest BCUT2D eigenvalue weighted by molar-refractivity contribution is 5.86. The summed E-state index contributed by atoms with van der Waals surface area (Å²) in [6.45, 7) is 2.93. The van der Waals surface area contributed by atoms with Gasteiger partial charge in [0.2, 0.25) is 5.91 Å². The second-order valence-corrected chi connectivity index (χ2v) is 5.84. The fraction of sp³-hybridized carbons (Fsp3) is 0.438. The topological polar surface area (TPSA) is 36.1 Å². The summed E-state index contributed by atoms with van der Waals surface area (Å²) in [5.74, 6) is 0.530. The number of amides is 1. The second kappa shape index (κ2) is 3.86. The van der Waals surface area contributed by atoms with Crippen LogP contribution in [0, 0.1) is 5.92 Å². The summed E-state index contributed by atoms with van der Waals surface area (Å²) in [5, 5.41) is 1.34. The molecule has 3 heterocycles. The van der Waals surface area contributed by atoms with Crippen LogP contribution in [0.3, 0.4) is 0 Å². The predicted octanol–water partition coefficient (Wildman–Crippen LogP) is 3.02. The summed E-state index contributed by atoms with van der Waals surface area (Å²) < 4.78 is 0. The average molecular weight is 254 g/mol. The Balaban J connectivity index is 1.85. The van der Waals surface area contributed by atoms with E-state index in [0.717, 1.165) is 25.8 Å². The van der Waals surface area contributed by atoms with Crippen molar-refractivity contribution in [3.05, 3.63) is 35.5 Å². The SMILES string of the molecule is C[C@H]1CC[C@H]2c3[nH]c4ccccc4c3CCN2C1=O. The van der Waals surface area contributed by atoms with Crippen molar-refractivity contribution in [2.75, 3.05) is 6.54 Å². The summed E-state index contributed by atoms with van der Waals surface area (Å²) >= 11 is 0. The maximum absolute atomic E-state index is 12.3. The molecule has 3 nitrogen and oxygen atoms in total. The fourth-order valence-electron chi connectivity index (χ4n) is 3.70. The fourth-order valence-corrected chi connectivity index (χ4v) is 3.70. The first-order chi connectivity index (χ1) is 9.25. The maximum atomic E-state index is 12.3. The molecule has 0 radical (unpaired) electrons. The third-order valence-corrected chi connectivity index (χ3v) is 4.74. The quantitative estimate of drug-likeness (QED) is 0.770. The van der Waals surface area contributed by atoms with Gasteiger partial charge in [-0.05, 0) is 30.9 Å². The lowest BCUT2D eigenvalue weighted by atomic mass is 9.86. The number of H-pyrrole nitrogens is 1. The molecule has 2 aliphatic heterocycles. The predicted molar refractivity (Wildman–Crippen MR) is 74.9 cm³/mol. The highest BCUT2D eigenvalue weighted by atomic mass is 16.2. The lowest BCUT2D eigenvalue weighted by Gasteiger charge is -2.41. The molecule has 1 saturated heterocycles. The molecule has 0 unspecified atom stereocenters. The van der Waals surface area contributed by atoms with Gasteiger partial charge >= 0.3 is 0 Å². The van der Waals surface area contributed by atoms with Gasteiger partial charge in [0.05, 0.1) is 6.04 Å². The zero-order valence-corrected chi connectivity index (χ0v) is 11.1. The smallest absolute Gasteiger partial charge is 0.225 e. The molecule has 3 heteroatoms. The lowest BCUT2D eigenvalue weighted by molar-refractivity contribution is -0.142. The third-order valence-electron chi connectivity index (χ3n) is 4.74. The highest BCUT2D eigenvalue weighted by Crippen LogP contribution is 2.40. The van der Waals surface area contributed by atoms with E-state index in [1.807, 2.05) is 0 Å². The first-order valence-corrected chi connectivity index (χ1v) is 7.15. The number of nitrogens with zero attached hydrogens (tertiary/aromatic N) is 1. The molecule has 1 amide bonds. The Hall–Kier alpha value is -1.77. The summed E-state index contributed by atoms with van der Waals surface area (Å²) in [6.07, 6.45) is 3.08. The summed E-state index contributed by atoms with van der Waals surface area (Å²) in [7, 11) is 0. The minimum atomic E-state index is 0.196. The molecule has 0 aliphatic carbocycles. The van der Waals surface area contributed by atoms with E-state index < -0.39 is 0 Å². The van der Waals surface area contributed by atoms with Crippen LogP contribution >= 0.6 is 0 Å². The van der Waals surface area contributed by atoms with E-state index >= 15 is 0 Å². The number of hydrogen-bond donors (Lipinski definition) is 1. The van der Waals surface area contributed by atoms with Gasteiger partial charge in [-0.1, -0.05) is 25.1 Å². The number of fused-ring (bicyclic) bond motifs is 5. The van der Waals surface area contributed by atoms with Crippen molar-refractivity contribution in [3.8, 4) is 0 Å².